The highest BCUT2D eigenvalue weighted by Crippen LogP contribution is 2.32. The molecule has 0 bridgehead atoms. The summed E-state index contributed by atoms with van der Waals surface area (Å²) in [4.78, 5) is 0. The molecule has 0 aromatic heterocycles. The van der Waals surface area contributed by atoms with Crippen molar-refractivity contribution in [2.75, 3.05) is 6.61 Å². The fraction of sp³-hybridized carbons (Fsp3) is 0.500. The van der Waals surface area contributed by atoms with E-state index in [1.807, 2.05) is 12.1 Å². The van der Waals surface area contributed by atoms with Gasteiger partial charge in [0.25, 0.3) is 0 Å². The van der Waals surface area contributed by atoms with Gasteiger partial charge in [0, 0.05) is 0 Å². The van der Waals surface area contributed by atoms with Crippen molar-refractivity contribution in [3.05, 3.63) is 28.8 Å². The number of hydrogen-bond acceptors (Lipinski definition) is 2. The molecular weight excluding hydrogens is 212 g/mol. The summed E-state index contributed by atoms with van der Waals surface area (Å²) in [6, 6.07) is 5.43. The SMILES string of the molecule is CC(O)c1ccc(OCC2CC2)c(Cl)c1. The van der Waals surface area contributed by atoms with Crippen LogP contribution in [0.25, 0.3) is 0 Å². The van der Waals surface area contributed by atoms with Gasteiger partial charge in [-0.2, -0.15) is 0 Å². The maximum Gasteiger partial charge on any atom is 0.137 e. The first-order valence-electron chi connectivity index (χ1n) is 5.27. The number of aliphatic hydroxyl groups is 1. The van der Waals surface area contributed by atoms with E-state index in [1.54, 1.807) is 13.0 Å². The van der Waals surface area contributed by atoms with Crippen LogP contribution >= 0.6 is 11.6 Å². The van der Waals surface area contributed by atoms with Crippen LogP contribution in [0.3, 0.4) is 0 Å². The van der Waals surface area contributed by atoms with E-state index >= 15 is 0 Å². The zero-order valence-corrected chi connectivity index (χ0v) is 9.50. The minimum Gasteiger partial charge on any atom is -0.492 e. The summed E-state index contributed by atoms with van der Waals surface area (Å²) in [5.41, 5.74) is 0.818. The summed E-state index contributed by atoms with van der Waals surface area (Å²) in [6.45, 7) is 2.48. The Balaban J connectivity index is 2.04. The van der Waals surface area contributed by atoms with Crippen molar-refractivity contribution in [3.63, 3.8) is 0 Å². The van der Waals surface area contributed by atoms with Crippen molar-refractivity contribution < 1.29 is 9.84 Å². The molecule has 82 valence electrons. The van der Waals surface area contributed by atoms with Crippen LogP contribution in [-0.2, 0) is 0 Å². The summed E-state index contributed by atoms with van der Waals surface area (Å²) >= 11 is 6.04. The third-order valence-corrected chi connectivity index (χ3v) is 2.91. The molecule has 2 nitrogen and oxygen atoms in total. The molecule has 2 rings (SSSR count). The first-order chi connectivity index (χ1) is 7.16. The first-order valence-corrected chi connectivity index (χ1v) is 5.65. The second-order valence-electron chi connectivity index (χ2n) is 4.12. The van der Waals surface area contributed by atoms with Gasteiger partial charge in [-0.3, -0.25) is 0 Å². The molecule has 0 aliphatic heterocycles. The lowest BCUT2D eigenvalue weighted by Crippen LogP contribution is -2.00. The predicted octanol–water partition coefficient (Wildman–Crippen LogP) is 3.18. The van der Waals surface area contributed by atoms with Crippen LogP contribution in [0.4, 0.5) is 0 Å². The third kappa shape index (κ3) is 2.86. The standard InChI is InChI=1S/C12H15ClO2/c1-8(14)10-4-5-12(11(13)6-10)15-7-9-2-3-9/h4-6,8-9,14H,2-3,7H2,1H3. The van der Waals surface area contributed by atoms with Gasteiger partial charge in [-0.15, -0.1) is 0 Å². The Labute approximate surface area is 94.8 Å². The lowest BCUT2D eigenvalue weighted by Gasteiger charge is -2.10. The molecule has 1 unspecified atom stereocenters. The van der Waals surface area contributed by atoms with E-state index in [0.29, 0.717) is 10.8 Å². The zero-order valence-electron chi connectivity index (χ0n) is 8.74. The van der Waals surface area contributed by atoms with Gasteiger partial charge in [0.15, 0.2) is 0 Å². The summed E-state index contributed by atoms with van der Waals surface area (Å²) in [5, 5.41) is 9.95. The van der Waals surface area contributed by atoms with Crippen molar-refractivity contribution in [3.8, 4) is 5.75 Å². The van der Waals surface area contributed by atoms with E-state index in [-0.39, 0.29) is 0 Å². The van der Waals surface area contributed by atoms with Crippen molar-refractivity contribution in [1.82, 2.24) is 0 Å². The first kappa shape index (κ1) is 10.8. The monoisotopic (exact) mass is 226 g/mol. The van der Waals surface area contributed by atoms with Crippen molar-refractivity contribution in [2.24, 2.45) is 5.92 Å². The second-order valence-corrected chi connectivity index (χ2v) is 4.53. The molecule has 0 saturated heterocycles. The average molecular weight is 227 g/mol. The smallest absolute Gasteiger partial charge is 0.137 e. The van der Waals surface area contributed by atoms with Crippen LogP contribution in [0.2, 0.25) is 5.02 Å². The van der Waals surface area contributed by atoms with Crippen LogP contribution in [0.15, 0.2) is 18.2 Å². The minimum atomic E-state index is -0.486. The van der Waals surface area contributed by atoms with Gasteiger partial charge < -0.3 is 9.84 Å². The number of aliphatic hydroxyl groups excluding tert-OH is 1. The molecule has 1 N–H and O–H groups in total. The Kier molecular flexibility index (Phi) is 3.17. The van der Waals surface area contributed by atoms with Gasteiger partial charge in [-0.1, -0.05) is 17.7 Å². The van der Waals surface area contributed by atoms with Gasteiger partial charge in [0.2, 0.25) is 0 Å². The van der Waals surface area contributed by atoms with E-state index in [2.05, 4.69) is 0 Å². The highest BCUT2D eigenvalue weighted by molar-refractivity contribution is 6.32. The Bertz CT molecular complexity index is 345. The van der Waals surface area contributed by atoms with Crippen molar-refractivity contribution >= 4 is 11.6 Å². The van der Waals surface area contributed by atoms with E-state index in [0.717, 1.165) is 18.1 Å². The normalized spacial score (nSPS) is 17.5. The molecule has 1 atom stereocenters. The van der Waals surface area contributed by atoms with Crippen molar-refractivity contribution in [1.29, 1.82) is 0 Å². The fourth-order valence-corrected chi connectivity index (χ4v) is 1.63. The van der Waals surface area contributed by atoms with Crippen LogP contribution < -0.4 is 4.74 Å². The maximum absolute atomic E-state index is 9.37. The van der Waals surface area contributed by atoms with E-state index < -0.39 is 6.10 Å². The molecular formula is C12H15ClO2. The molecule has 1 saturated carbocycles. The minimum absolute atomic E-state index is 0.486. The van der Waals surface area contributed by atoms with Crippen molar-refractivity contribution in [2.45, 2.75) is 25.9 Å². The van der Waals surface area contributed by atoms with Crippen LogP contribution in [-0.4, -0.2) is 11.7 Å². The Morgan fingerprint density at radius 2 is 2.27 bits per heavy atom. The molecule has 0 spiro atoms. The molecule has 1 fully saturated rings. The van der Waals surface area contributed by atoms with Gasteiger partial charge >= 0.3 is 0 Å². The number of hydrogen-bond donors (Lipinski definition) is 1. The maximum atomic E-state index is 9.37. The second kappa shape index (κ2) is 4.42. The third-order valence-electron chi connectivity index (χ3n) is 2.61. The summed E-state index contributed by atoms with van der Waals surface area (Å²) in [7, 11) is 0. The van der Waals surface area contributed by atoms with Gasteiger partial charge in [0.05, 0.1) is 17.7 Å². The number of halogens is 1. The quantitative estimate of drug-likeness (QED) is 0.855. The van der Waals surface area contributed by atoms with E-state index in [4.69, 9.17) is 16.3 Å². The van der Waals surface area contributed by atoms with E-state index in [9.17, 15) is 5.11 Å². The average Bonchev–Trinajstić information content (AvgIpc) is 2.99. The number of rotatable bonds is 4. The predicted molar refractivity (Wildman–Crippen MR) is 60.3 cm³/mol. The number of ether oxygens (including phenoxy) is 1. The van der Waals surface area contributed by atoms with Gasteiger partial charge in [-0.05, 0) is 43.4 Å². The van der Waals surface area contributed by atoms with Crippen LogP contribution in [0.1, 0.15) is 31.4 Å². The molecule has 0 heterocycles. The molecule has 3 heteroatoms. The van der Waals surface area contributed by atoms with Crippen LogP contribution in [0, 0.1) is 5.92 Å². The molecule has 1 aromatic rings. The van der Waals surface area contributed by atoms with E-state index in [1.165, 1.54) is 12.8 Å². The summed E-state index contributed by atoms with van der Waals surface area (Å²) in [6.07, 6.45) is 2.05. The molecule has 1 aromatic carbocycles. The Morgan fingerprint density at radius 1 is 1.53 bits per heavy atom. The zero-order chi connectivity index (χ0) is 10.8. The Hall–Kier alpha value is -0.730. The lowest BCUT2D eigenvalue weighted by molar-refractivity contribution is 0.199. The molecule has 0 radical (unpaired) electrons. The highest BCUT2D eigenvalue weighted by Gasteiger charge is 2.22. The fourth-order valence-electron chi connectivity index (χ4n) is 1.39. The Morgan fingerprint density at radius 3 is 2.80 bits per heavy atom. The lowest BCUT2D eigenvalue weighted by atomic mass is 10.1. The largest absolute Gasteiger partial charge is 0.492 e. The molecule has 0 amide bonds. The number of benzene rings is 1. The van der Waals surface area contributed by atoms with Gasteiger partial charge in [0.1, 0.15) is 5.75 Å². The summed E-state index contributed by atoms with van der Waals surface area (Å²) in [5.74, 6) is 1.44. The van der Waals surface area contributed by atoms with Crippen LogP contribution in [0.5, 0.6) is 5.75 Å². The summed E-state index contributed by atoms with van der Waals surface area (Å²) < 4.78 is 5.58. The molecule has 1 aliphatic carbocycles. The molecule has 1 aliphatic rings. The molecule has 15 heavy (non-hydrogen) atoms. The van der Waals surface area contributed by atoms with Gasteiger partial charge in [-0.25, -0.2) is 0 Å². The highest BCUT2D eigenvalue weighted by atomic mass is 35.5. The topological polar surface area (TPSA) is 29.5 Å².